The highest BCUT2D eigenvalue weighted by Gasteiger charge is 2.46. The minimum Gasteiger partial charge on any atom is -0.339 e. The van der Waals surface area contributed by atoms with Gasteiger partial charge in [0.05, 0.1) is 33.0 Å². The first-order valence-corrected chi connectivity index (χ1v) is 26.7. The number of nitriles is 2. The van der Waals surface area contributed by atoms with Crippen LogP contribution in [0.15, 0.2) is 161 Å². The third kappa shape index (κ3) is 10.4. The van der Waals surface area contributed by atoms with Crippen molar-refractivity contribution in [2.75, 3.05) is 10.6 Å². The molecule has 0 saturated carbocycles. The van der Waals surface area contributed by atoms with E-state index in [1.54, 1.807) is 6.07 Å². The number of rotatable bonds is 13. The molecule has 0 amide bonds. The molecule has 6 N–H and O–H groups in total. The summed E-state index contributed by atoms with van der Waals surface area (Å²) in [6.07, 6.45) is 0. The maximum atomic E-state index is 12.6. The lowest BCUT2D eigenvalue weighted by molar-refractivity contribution is 0.481. The maximum Gasteiger partial charge on any atom is 0.295 e. The van der Waals surface area contributed by atoms with Crippen LogP contribution in [-0.4, -0.2) is 67.6 Å². The van der Waals surface area contributed by atoms with Crippen LogP contribution in [0.1, 0.15) is 22.6 Å². The van der Waals surface area contributed by atoms with Gasteiger partial charge in [-0.05, 0) is 90.0 Å². The van der Waals surface area contributed by atoms with Crippen LogP contribution in [0.3, 0.4) is 0 Å². The second-order valence-electron chi connectivity index (χ2n) is 15.4. The second kappa shape index (κ2) is 18.9. The molecule has 0 spiro atoms. The van der Waals surface area contributed by atoms with Crippen molar-refractivity contribution < 1.29 is 51.9 Å². The van der Waals surface area contributed by atoms with E-state index in [-0.39, 0.29) is 56.3 Å². The Bertz CT molecular complexity index is 3890. The standard InChI is InChI=1S/C44H33N9O12S5/c1-24-35(22-45)41(47-28-11-15-31(16-12-28)67(54,55)56)49-42(48-29-13-17-32(18-14-29)68(57,58)59)40(24)51-52-43-36(23-46)39(27-10-9-25-5-2-3-6-26(25)19-27)44(66-43)53-50-30-20-34-33(38(21-30)70(63,64)65)7-4-8-37(34)69(60,61)62/h2-21,36,39,43-44H,1H3,(H2,47,48,49)(H,54,55,56)(H,57,58,59)(H,60,61,62)(H,63,64,65)/b52-51?,53-50+. The predicted molar refractivity (Wildman–Crippen MR) is 256 cm³/mol. The molecule has 1 aromatic heterocycles. The molecule has 4 unspecified atom stereocenters. The Balaban J connectivity index is 1.23. The molecule has 2 heterocycles. The highest BCUT2D eigenvalue weighted by Crippen LogP contribution is 2.51. The van der Waals surface area contributed by atoms with Crippen LogP contribution in [0.2, 0.25) is 0 Å². The fraction of sp³-hybridized carbons (Fsp3) is 0.114. The van der Waals surface area contributed by atoms with E-state index in [0.717, 1.165) is 58.9 Å². The van der Waals surface area contributed by atoms with Crippen molar-refractivity contribution in [3.05, 3.63) is 138 Å². The van der Waals surface area contributed by atoms with Crippen molar-refractivity contribution in [1.29, 1.82) is 10.5 Å². The molecule has 1 aliphatic rings. The fourth-order valence-corrected chi connectivity index (χ4v) is 11.4. The van der Waals surface area contributed by atoms with Gasteiger partial charge in [0.25, 0.3) is 40.5 Å². The highest BCUT2D eigenvalue weighted by atomic mass is 32.2. The third-order valence-electron chi connectivity index (χ3n) is 11.0. The van der Waals surface area contributed by atoms with Gasteiger partial charge in [-0.2, -0.15) is 64.7 Å². The average Bonchev–Trinajstić information content (AvgIpc) is 3.66. The van der Waals surface area contributed by atoms with E-state index in [0.29, 0.717) is 5.56 Å². The summed E-state index contributed by atoms with van der Waals surface area (Å²) in [5, 5.41) is 44.4. The lowest BCUT2D eigenvalue weighted by Gasteiger charge is -2.18. The molecule has 0 radical (unpaired) electrons. The second-order valence-corrected chi connectivity index (χ2v) is 22.3. The number of anilines is 4. The number of nitrogens with one attached hydrogen (secondary N) is 2. The summed E-state index contributed by atoms with van der Waals surface area (Å²) in [5.41, 5.74) is 1.02. The van der Waals surface area contributed by atoms with Crippen molar-refractivity contribution in [2.24, 2.45) is 26.4 Å². The van der Waals surface area contributed by atoms with E-state index < -0.39 is 82.6 Å². The average molecular weight is 1040 g/mol. The van der Waals surface area contributed by atoms with Crippen molar-refractivity contribution in [3.63, 3.8) is 0 Å². The van der Waals surface area contributed by atoms with Crippen molar-refractivity contribution in [3.8, 4) is 12.1 Å². The third-order valence-corrected chi connectivity index (χ3v) is 15.8. The first-order valence-electron chi connectivity index (χ1n) is 20.0. The zero-order valence-electron chi connectivity index (χ0n) is 35.6. The monoisotopic (exact) mass is 1040 g/mol. The number of fused-ring (bicyclic) bond motifs is 2. The minimum absolute atomic E-state index is 0.0177. The Labute approximate surface area is 403 Å². The number of azo groups is 2. The Morgan fingerprint density at radius 3 is 1.76 bits per heavy atom. The highest BCUT2D eigenvalue weighted by molar-refractivity contribution is 8.00. The summed E-state index contributed by atoms with van der Waals surface area (Å²) in [4.78, 5) is 2.43. The summed E-state index contributed by atoms with van der Waals surface area (Å²) >= 11 is 1.04. The zero-order chi connectivity index (χ0) is 50.3. The van der Waals surface area contributed by atoms with Gasteiger partial charge in [-0.15, -0.1) is 11.8 Å². The molecule has 21 nitrogen and oxygen atoms in total. The van der Waals surface area contributed by atoms with Crippen LogP contribution >= 0.6 is 11.8 Å². The molecule has 70 heavy (non-hydrogen) atoms. The molecule has 8 rings (SSSR count). The van der Waals surface area contributed by atoms with E-state index >= 15 is 0 Å². The lowest BCUT2D eigenvalue weighted by Crippen LogP contribution is -2.17. The summed E-state index contributed by atoms with van der Waals surface area (Å²) in [6, 6.07) is 32.7. The van der Waals surface area contributed by atoms with Gasteiger partial charge in [0.2, 0.25) is 0 Å². The molecular weight excluding hydrogens is 1010 g/mol. The number of hydrogen-bond donors (Lipinski definition) is 6. The molecule has 0 aliphatic carbocycles. The van der Waals surface area contributed by atoms with Crippen LogP contribution in [0.4, 0.5) is 34.4 Å². The molecule has 1 aliphatic heterocycles. The molecule has 1 saturated heterocycles. The molecule has 26 heteroatoms. The lowest BCUT2D eigenvalue weighted by atomic mass is 9.86. The Kier molecular flexibility index (Phi) is 13.3. The topological polar surface area (TPSA) is 351 Å². The van der Waals surface area contributed by atoms with E-state index in [2.05, 4.69) is 48.2 Å². The van der Waals surface area contributed by atoms with E-state index in [9.17, 15) is 62.4 Å². The number of hydrogen-bond acceptors (Lipinski definition) is 18. The number of aromatic nitrogens is 1. The predicted octanol–water partition coefficient (Wildman–Crippen LogP) is 9.23. The summed E-state index contributed by atoms with van der Waals surface area (Å²) < 4.78 is 136. The molecule has 7 aromatic rings. The quantitative estimate of drug-likeness (QED) is 0.0462. The van der Waals surface area contributed by atoms with Gasteiger partial charge in [-0.1, -0.05) is 54.6 Å². The normalized spacial score (nSPS) is 17.8. The summed E-state index contributed by atoms with van der Waals surface area (Å²) in [5.74, 6) is -1.89. The van der Waals surface area contributed by atoms with E-state index in [1.165, 1.54) is 49.4 Å². The smallest absolute Gasteiger partial charge is 0.295 e. The van der Waals surface area contributed by atoms with Gasteiger partial charge in [0.15, 0.2) is 11.6 Å². The molecule has 4 atom stereocenters. The molecule has 6 aromatic carbocycles. The summed E-state index contributed by atoms with van der Waals surface area (Å²) in [6.45, 7) is 1.53. The molecule has 1 fully saturated rings. The van der Waals surface area contributed by atoms with Gasteiger partial charge in [-0.25, -0.2) is 4.98 Å². The number of thioether (sulfide) groups is 1. The number of nitrogens with zero attached hydrogens (tertiary/aromatic N) is 7. The maximum absolute atomic E-state index is 12.6. The van der Waals surface area contributed by atoms with Crippen LogP contribution in [0, 0.1) is 35.5 Å². The van der Waals surface area contributed by atoms with Gasteiger partial charge < -0.3 is 10.6 Å². The van der Waals surface area contributed by atoms with Crippen LogP contribution < -0.4 is 10.6 Å². The fourth-order valence-electron chi connectivity index (χ4n) is 7.66. The van der Waals surface area contributed by atoms with Crippen LogP contribution in [0.5, 0.6) is 0 Å². The van der Waals surface area contributed by atoms with Gasteiger partial charge >= 0.3 is 0 Å². The number of benzene rings is 6. The Hall–Kier alpha value is -7.24. The van der Waals surface area contributed by atoms with Gasteiger partial charge in [0, 0.05) is 33.6 Å². The first-order chi connectivity index (χ1) is 33.0. The van der Waals surface area contributed by atoms with Crippen LogP contribution in [-0.2, 0) is 40.5 Å². The van der Waals surface area contributed by atoms with Crippen LogP contribution in [0.25, 0.3) is 21.5 Å². The van der Waals surface area contributed by atoms with E-state index in [1.807, 2.05) is 36.4 Å². The summed E-state index contributed by atoms with van der Waals surface area (Å²) in [7, 11) is -19.0. The van der Waals surface area contributed by atoms with Crippen molar-refractivity contribution in [1.82, 2.24) is 4.98 Å². The Morgan fingerprint density at radius 2 is 1.19 bits per heavy atom. The molecule has 356 valence electrons. The van der Waals surface area contributed by atoms with Gasteiger partial charge in [0.1, 0.15) is 32.3 Å². The van der Waals surface area contributed by atoms with Gasteiger partial charge in [-0.3, -0.25) is 18.2 Å². The minimum atomic E-state index is -5.00. The SMILES string of the molecule is Cc1c(C#N)c(Nc2ccc(S(=O)(=O)O)cc2)nc(Nc2ccc(S(=O)(=O)O)cc2)c1N=NC1SC(/N=N/c2cc(S(=O)(=O)O)c3cccc(S(=O)(=O)O)c3c2)C(c2ccc3ccccc3c2)C1C#N. The zero-order valence-corrected chi connectivity index (χ0v) is 39.7. The Morgan fingerprint density at radius 1 is 0.600 bits per heavy atom. The van der Waals surface area contributed by atoms with E-state index in [4.69, 9.17) is 0 Å². The van der Waals surface area contributed by atoms with Crippen molar-refractivity contribution >= 4 is 108 Å². The first kappa shape index (κ1) is 49.2. The van der Waals surface area contributed by atoms with Crippen molar-refractivity contribution in [2.45, 2.75) is 43.2 Å². The molecular formula is C44H33N9O12S5. The largest absolute Gasteiger partial charge is 0.339 e. The number of pyridine rings is 1. The molecule has 0 bridgehead atoms.